The molecule has 1 aromatic carbocycles. The fraction of sp³-hybridized carbons (Fsp3) is 0.556. The Balaban J connectivity index is 2.09. The average molecular weight is 319 g/mol. The van der Waals surface area contributed by atoms with E-state index in [-0.39, 0.29) is 17.9 Å². The van der Waals surface area contributed by atoms with Crippen LogP contribution in [0, 0.1) is 0 Å². The standard InChI is InChI=1S/C18H25NO4/c1-4-13(14-5-9-16(23-3)10-6-14)11-17(20)19(15-7-8-15)12(2)18(21)22/h5-6,9-10,12-13,15H,4,7-8,11H2,1-3H3,(H,21,22). The Kier molecular flexibility index (Phi) is 5.64. The summed E-state index contributed by atoms with van der Waals surface area (Å²) in [6.07, 6.45) is 2.99. The zero-order chi connectivity index (χ0) is 17.0. The minimum atomic E-state index is -0.942. The molecule has 1 aromatic rings. The van der Waals surface area contributed by atoms with Crippen molar-refractivity contribution in [1.29, 1.82) is 0 Å². The highest BCUT2D eigenvalue weighted by Crippen LogP contribution is 2.32. The molecule has 0 saturated heterocycles. The molecule has 0 radical (unpaired) electrons. The van der Waals surface area contributed by atoms with Gasteiger partial charge in [0, 0.05) is 12.5 Å². The summed E-state index contributed by atoms with van der Waals surface area (Å²) in [4.78, 5) is 25.5. The third-order valence-corrected chi connectivity index (χ3v) is 4.50. The third kappa shape index (κ3) is 4.24. The molecule has 2 atom stereocenters. The molecule has 0 aromatic heterocycles. The maximum Gasteiger partial charge on any atom is 0.326 e. The Bertz CT molecular complexity index is 551. The van der Waals surface area contributed by atoms with Gasteiger partial charge in [0.2, 0.25) is 5.91 Å². The largest absolute Gasteiger partial charge is 0.497 e. The molecule has 126 valence electrons. The first-order valence-electron chi connectivity index (χ1n) is 8.15. The number of carboxylic acid groups (broad SMARTS) is 1. The number of benzene rings is 1. The van der Waals surface area contributed by atoms with E-state index in [1.165, 1.54) is 0 Å². The summed E-state index contributed by atoms with van der Waals surface area (Å²) in [5.74, 6) is -0.127. The number of carboxylic acids is 1. The minimum absolute atomic E-state index is 0.0648. The smallest absolute Gasteiger partial charge is 0.326 e. The van der Waals surface area contributed by atoms with Crippen molar-refractivity contribution >= 4 is 11.9 Å². The molecule has 1 saturated carbocycles. The van der Waals surface area contributed by atoms with E-state index in [0.717, 1.165) is 30.6 Å². The zero-order valence-corrected chi connectivity index (χ0v) is 14.0. The third-order valence-electron chi connectivity index (χ3n) is 4.50. The van der Waals surface area contributed by atoms with Crippen LogP contribution in [0.1, 0.15) is 51.0 Å². The molecule has 0 heterocycles. The molecule has 2 unspecified atom stereocenters. The lowest BCUT2D eigenvalue weighted by Gasteiger charge is -2.28. The van der Waals surface area contributed by atoms with Gasteiger partial charge in [0.1, 0.15) is 11.8 Å². The van der Waals surface area contributed by atoms with Gasteiger partial charge in [0.15, 0.2) is 0 Å². The van der Waals surface area contributed by atoms with Gasteiger partial charge < -0.3 is 14.7 Å². The molecule has 1 aliphatic carbocycles. The highest BCUT2D eigenvalue weighted by molar-refractivity contribution is 5.84. The van der Waals surface area contributed by atoms with Gasteiger partial charge in [-0.25, -0.2) is 4.79 Å². The Morgan fingerprint density at radius 2 is 1.91 bits per heavy atom. The van der Waals surface area contributed by atoms with Gasteiger partial charge in [-0.05, 0) is 49.8 Å². The highest BCUT2D eigenvalue weighted by atomic mass is 16.5. The summed E-state index contributed by atoms with van der Waals surface area (Å²) in [6, 6.07) is 7.07. The SMILES string of the molecule is CCC(CC(=O)N(C1CC1)C(C)C(=O)O)c1ccc(OC)cc1. The van der Waals surface area contributed by atoms with Crippen molar-refractivity contribution in [2.45, 2.75) is 57.5 Å². The predicted octanol–water partition coefficient (Wildman–Crippen LogP) is 3.04. The van der Waals surface area contributed by atoms with E-state index in [0.29, 0.717) is 6.42 Å². The molecule has 5 heteroatoms. The topological polar surface area (TPSA) is 66.8 Å². The van der Waals surface area contributed by atoms with Crippen LogP contribution in [0.3, 0.4) is 0 Å². The summed E-state index contributed by atoms with van der Waals surface area (Å²) in [5, 5.41) is 9.24. The molecule has 0 aliphatic heterocycles. The molecule has 0 bridgehead atoms. The zero-order valence-electron chi connectivity index (χ0n) is 14.0. The van der Waals surface area contributed by atoms with Crippen LogP contribution in [-0.2, 0) is 9.59 Å². The first-order chi connectivity index (χ1) is 11.0. The first kappa shape index (κ1) is 17.3. The van der Waals surface area contributed by atoms with Gasteiger partial charge in [-0.1, -0.05) is 19.1 Å². The van der Waals surface area contributed by atoms with Gasteiger partial charge in [-0.3, -0.25) is 4.79 Å². The number of hydrogen-bond donors (Lipinski definition) is 1. The van der Waals surface area contributed by atoms with Crippen LogP contribution in [0.4, 0.5) is 0 Å². The maximum absolute atomic E-state index is 12.7. The number of ether oxygens (including phenoxy) is 1. The first-order valence-corrected chi connectivity index (χ1v) is 8.15. The highest BCUT2D eigenvalue weighted by Gasteiger charge is 2.38. The lowest BCUT2D eigenvalue weighted by Crippen LogP contribution is -2.45. The van der Waals surface area contributed by atoms with E-state index >= 15 is 0 Å². The van der Waals surface area contributed by atoms with E-state index in [1.54, 1.807) is 18.9 Å². The van der Waals surface area contributed by atoms with Gasteiger partial charge in [-0.2, -0.15) is 0 Å². The van der Waals surface area contributed by atoms with E-state index in [2.05, 4.69) is 0 Å². The van der Waals surface area contributed by atoms with Crippen molar-refractivity contribution in [1.82, 2.24) is 4.90 Å². The number of carbonyl (C=O) groups is 2. The number of aliphatic carboxylic acids is 1. The van der Waals surface area contributed by atoms with Crippen LogP contribution >= 0.6 is 0 Å². The molecule has 1 fully saturated rings. The summed E-state index contributed by atoms with van der Waals surface area (Å²) in [6.45, 7) is 3.64. The number of amides is 1. The van der Waals surface area contributed by atoms with Crippen LogP contribution < -0.4 is 4.74 Å². The molecule has 2 rings (SSSR count). The number of carbonyl (C=O) groups excluding carboxylic acids is 1. The number of methoxy groups -OCH3 is 1. The molecular formula is C18H25NO4. The lowest BCUT2D eigenvalue weighted by atomic mass is 9.92. The fourth-order valence-electron chi connectivity index (χ4n) is 2.90. The number of rotatable bonds is 8. The normalized spacial score (nSPS) is 16.5. The van der Waals surface area contributed by atoms with Crippen molar-refractivity contribution < 1.29 is 19.4 Å². The summed E-state index contributed by atoms with van der Waals surface area (Å²) < 4.78 is 5.16. The van der Waals surface area contributed by atoms with Gasteiger partial charge >= 0.3 is 5.97 Å². The van der Waals surface area contributed by atoms with Crippen LogP contribution in [0.15, 0.2) is 24.3 Å². The Labute approximate surface area is 137 Å². The van der Waals surface area contributed by atoms with Crippen LogP contribution in [0.25, 0.3) is 0 Å². The second-order valence-electron chi connectivity index (χ2n) is 6.13. The minimum Gasteiger partial charge on any atom is -0.497 e. The Hall–Kier alpha value is -2.04. The van der Waals surface area contributed by atoms with Crippen molar-refractivity contribution in [3.8, 4) is 5.75 Å². The van der Waals surface area contributed by atoms with Crippen molar-refractivity contribution in [2.75, 3.05) is 7.11 Å². The summed E-state index contributed by atoms with van der Waals surface area (Å²) in [5.41, 5.74) is 1.08. The van der Waals surface area contributed by atoms with Crippen molar-refractivity contribution in [3.05, 3.63) is 29.8 Å². The molecule has 1 amide bonds. The number of hydrogen-bond acceptors (Lipinski definition) is 3. The van der Waals surface area contributed by atoms with Crippen molar-refractivity contribution in [3.63, 3.8) is 0 Å². The molecule has 5 nitrogen and oxygen atoms in total. The molecule has 23 heavy (non-hydrogen) atoms. The predicted molar refractivity (Wildman–Crippen MR) is 87.6 cm³/mol. The summed E-state index contributed by atoms with van der Waals surface area (Å²) >= 11 is 0. The fourth-order valence-corrected chi connectivity index (χ4v) is 2.90. The monoisotopic (exact) mass is 319 g/mol. The molecular weight excluding hydrogens is 294 g/mol. The molecule has 1 N–H and O–H groups in total. The van der Waals surface area contributed by atoms with Gasteiger partial charge in [0.05, 0.1) is 7.11 Å². The quantitative estimate of drug-likeness (QED) is 0.800. The van der Waals surface area contributed by atoms with Crippen LogP contribution in [0.5, 0.6) is 5.75 Å². The molecule has 1 aliphatic rings. The molecule has 0 spiro atoms. The summed E-state index contributed by atoms with van der Waals surface area (Å²) in [7, 11) is 1.62. The van der Waals surface area contributed by atoms with Crippen LogP contribution in [0.2, 0.25) is 0 Å². The number of nitrogens with zero attached hydrogens (tertiary/aromatic N) is 1. The second-order valence-corrected chi connectivity index (χ2v) is 6.13. The maximum atomic E-state index is 12.7. The van der Waals surface area contributed by atoms with Crippen molar-refractivity contribution in [2.24, 2.45) is 0 Å². The Morgan fingerprint density at radius 3 is 2.35 bits per heavy atom. The van der Waals surface area contributed by atoms with E-state index in [4.69, 9.17) is 4.74 Å². The van der Waals surface area contributed by atoms with Gasteiger partial charge in [-0.15, -0.1) is 0 Å². The lowest BCUT2D eigenvalue weighted by molar-refractivity contribution is -0.150. The second kappa shape index (κ2) is 7.49. The van der Waals surface area contributed by atoms with E-state index in [1.807, 2.05) is 31.2 Å². The van der Waals surface area contributed by atoms with E-state index < -0.39 is 12.0 Å². The van der Waals surface area contributed by atoms with E-state index in [9.17, 15) is 14.7 Å². The van der Waals surface area contributed by atoms with Gasteiger partial charge in [0.25, 0.3) is 0 Å². The average Bonchev–Trinajstić information content (AvgIpc) is 3.37. The van der Waals surface area contributed by atoms with Crippen LogP contribution in [-0.4, -0.2) is 41.1 Å². The Morgan fingerprint density at radius 1 is 1.30 bits per heavy atom.